The number of aromatic nitrogens is 4. The van der Waals surface area contributed by atoms with Crippen molar-refractivity contribution in [2.24, 2.45) is 0 Å². The number of imidazole rings is 1. The summed E-state index contributed by atoms with van der Waals surface area (Å²) in [5.41, 5.74) is 1.65. The summed E-state index contributed by atoms with van der Waals surface area (Å²) in [4.78, 5) is 25.5. The highest BCUT2D eigenvalue weighted by Crippen LogP contribution is 2.33. The van der Waals surface area contributed by atoms with Crippen LogP contribution in [0.4, 0.5) is 5.82 Å². The maximum absolute atomic E-state index is 12.3. The number of hydrogen-bond donors (Lipinski definition) is 3. The van der Waals surface area contributed by atoms with E-state index < -0.39 is 24.5 Å². The van der Waals surface area contributed by atoms with Gasteiger partial charge >= 0.3 is 0 Å². The van der Waals surface area contributed by atoms with Gasteiger partial charge in [-0.05, 0) is 24.5 Å². The Morgan fingerprint density at radius 3 is 2.68 bits per heavy atom. The predicted molar refractivity (Wildman–Crippen MR) is 113 cm³/mol. The molecular weight excluding hydrogens is 398 g/mol. The normalized spacial score (nSPS) is 22.8. The van der Waals surface area contributed by atoms with Crippen molar-refractivity contribution in [2.75, 3.05) is 12.4 Å². The molecule has 0 radical (unpaired) electrons. The molecule has 0 amide bonds. The van der Waals surface area contributed by atoms with Gasteiger partial charge in [-0.1, -0.05) is 31.0 Å². The Kier molecular flexibility index (Phi) is 5.95. The number of Topliss-reactive ketones (excluding diaryl/α,β-unsaturated/α-hetero) is 1. The molecule has 3 aromatic rings. The summed E-state index contributed by atoms with van der Waals surface area (Å²) in [5.74, 6) is 6.43. The number of aliphatic hydroxyl groups is 2. The number of hydrogen-bond acceptors (Lipinski definition) is 8. The Morgan fingerprint density at radius 2 is 1.97 bits per heavy atom. The number of ether oxygens (including phenoxy) is 1. The predicted octanol–water partition coefficient (Wildman–Crippen LogP) is 1.26. The molecular formula is C22H23N5O4. The summed E-state index contributed by atoms with van der Waals surface area (Å²) >= 11 is 0. The second kappa shape index (κ2) is 8.81. The quantitative estimate of drug-likeness (QED) is 0.526. The third kappa shape index (κ3) is 4.01. The number of nitrogens with zero attached hydrogens (tertiary/aromatic N) is 4. The lowest BCUT2D eigenvalue weighted by molar-refractivity contribution is -0.135. The summed E-state index contributed by atoms with van der Waals surface area (Å²) < 4.78 is 7.25. The minimum atomic E-state index is -1.33. The van der Waals surface area contributed by atoms with Crippen LogP contribution in [0, 0.1) is 11.8 Å². The first-order valence-electron chi connectivity index (χ1n) is 10.1. The standard InChI is InChI=1S/C22H23N5O4/c1-3-7-14(28)19-17(29)18(30)22(31-19)27-12-24-16-20(23-2)25-15(26-21(16)27)11-10-13-8-5-4-6-9-13/h4-6,8-9,12,17-19,22,29-30H,3,7H2,1-2H3,(H,23,25,26)/t17-,18+,19-,22?/m1/s1. The molecule has 9 heteroatoms. The van der Waals surface area contributed by atoms with Gasteiger partial charge in [-0.3, -0.25) is 9.36 Å². The van der Waals surface area contributed by atoms with Crippen LogP contribution < -0.4 is 5.32 Å². The summed E-state index contributed by atoms with van der Waals surface area (Å²) in [5, 5.41) is 23.9. The molecule has 0 saturated carbocycles. The van der Waals surface area contributed by atoms with Gasteiger partial charge in [0.1, 0.15) is 18.3 Å². The van der Waals surface area contributed by atoms with Crippen LogP contribution in [-0.2, 0) is 9.53 Å². The Hall–Kier alpha value is -3.32. The zero-order valence-corrected chi connectivity index (χ0v) is 17.2. The molecule has 9 nitrogen and oxygen atoms in total. The van der Waals surface area contributed by atoms with E-state index >= 15 is 0 Å². The van der Waals surface area contributed by atoms with Gasteiger partial charge in [0.25, 0.3) is 0 Å². The first-order chi connectivity index (χ1) is 15.0. The molecule has 1 aliphatic rings. The van der Waals surface area contributed by atoms with Crippen molar-refractivity contribution in [1.82, 2.24) is 19.5 Å². The minimum absolute atomic E-state index is 0.249. The molecule has 1 unspecified atom stereocenters. The summed E-state index contributed by atoms with van der Waals surface area (Å²) in [6, 6.07) is 9.45. The maximum Gasteiger partial charge on any atom is 0.209 e. The lowest BCUT2D eigenvalue weighted by atomic mass is 10.0. The maximum atomic E-state index is 12.3. The lowest BCUT2D eigenvalue weighted by Crippen LogP contribution is -2.35. The van der Waals surface area contributed by atoms with Crippen LogP contribution in [0.15, 0.2) is 36.7 Å². The molecule has 1 aliphatic heterocycles. The van der Waals surface area contributed by atoms with Gasteiger partial charge in [-0.25, -0.2) is 15.0 Å². The number of anilines is 1. The van der Waals surface area contributed by atoms with E-state index in [4.69, 9.17) is 4.74 Å². The average molecular weight is 421 g/mol. The van der Waals surface area contributed by atoms with E-state index in [-0.39, 0.29) is 18.0 Å². The molecule has 3 N–H and O–H groups in total. The molecule has 1 fully saturated rings. The van der Waals surface area contributed by atoms with Crippen molar-refractivity contribution in [3.63, 3.8) is 0 Å². The Morgan fingerprint density at radius 1 is 1.19 bits per heavy atom. The van der Waals surface area contributed by atoms with E-state index in [9.17, 15) is 15.0 Å². The summed E-state index contributed by atoms with van der Waals surface area (Å²) in [7, 11) is 1.71. The fourth-order valence-corrected chi connectivity index (χ4v) is 3.53. The molecule has 1 aromatic carbocycles. The second-order valence-corrected chi connectivity index (χ2v) is 7.23. The van der Waals surface area contributed by atoms with E-state index in [2.05, 4.69) is 32.1 Å². The number of ketones is 1. The number of fused-ring (bicyclic) bond motifs is 1. The second-order valence-electron chi connectivity index (χ2n) is 7.23. The first kappa shape index (κ1) is 20.9. The van der Waals surface area contributed by atoms with Crippen molar-refractivity contribution in [3.8, 4) is 11.8 Å². The number of nitrogens with one attached hydrogen (secondary N) is 1. The molecule has 2 aromatic heterocycles. The first-order valence-corrected chi connectivity index (χ1v) is 10.1. The van der Waals surface area contributed by atoms with Crippen LogP contribution in [0.5, 0.6) is 0 Å². The highest BCUT2D eigenvalue weighted by molar-refractivity contribution is 5.85. The van der Waals surface area contributed by atoms with Crippen molar-refractivity contribution in [1.29, 1.82) is 0 Å². The van der Waals surface area contributed by atoms with E-state index in [1.807, 2.05) is 37.3 Å². The van der Waals surface area contributed by atoms with Gasteiger partial charge in [0, 0.05) is 19.0 Å². The molecule has 0 aliphatic carbocycles. The SMILES string of the molecule is CCCC(=O)[C@H]1OC(n2cnc3c(NC)nc(C#Cc4ccccc4)nc32)[C@@H](O)[C@H]1O. The smallest absolute Gasteiger partial charge is 0.209 e. The fraction of sp³-hybridized carbons (Fsp3) is 0.364. The molecule has 1 saturated heterocycles. The molecule has 0 spiro atoms. The fourth-order valence-electron chi connectivity index (χ4n) is 3.53. The topological polar surface area (TPSA) is 122 Å². The van der Waals surface area contributed by atoms with Crippen molar-refractivity contribution >= 4 is 22.8 Å². The monoisotopic (exact) mass is 421 g/mol. The summed E-state index contributed by atoms with van der Waals surface area (Å²) in [6.45, 7) is 1.87. The summed E-state index contributed by atoms with van der Waals surface area (Å²) in [6.07, 6.45) is -2.42. The lowest BCUT2D eigenvalue weighted by Gasteiger charge is -2.16. The van der Waals surface area contributed by atoms with Crippen LogP contribution in [-0.4, -0.2) is 60.9 Å². The van der Waals surface area contributed by atoms with Gasteiger partial charge in [0.2, 0.25) is 5.82 Å². The van der Waals surface area contributed by atoms with Crippen LogP contribution >= 0.6 is 0 Å². The van der Waals surface area contributed by atoms with Crippen LogP contribution in [0.25, 0.3) is 11.2 Å². The van der Waals surface area contributed by atoms with E-state index in [1.165, 1.54) is 10.9 Å². The Balaban J connectivity index is 1.72. The Labute approximate surface area is 179 Å². The number of rotatable bonds is 5. The number of carbonyl (C=O) groups is 1. The van der Waals surface area contributed by atoms with Gasteiger partial charge in [0.15, 0.2) is 29.0 Å². The molecule has 160 valence electrons. The Bertz CT molecular complexity index is 1150. The van der Waals surface area contributed by atoms with Crippen molar-refractivity contribution in [3.05, 3.63) is 48.0 Å². The van der Waals surface area contributed by atoms with E-state index in [1.54, 1.807) is 7.05 Å². The van der Waals surface area contributed by atoms with Gasteiger partial charge in [0.05, 0.1) is 6.33 Å². The van der Waals surface area contributed by atoms with Crippen molar-refractivity contribution < 1.29 is 19.7 Å². The number of aliphatic hydroxyl groups excluding tert-OH is 2. The van der Waals surface area contributed by atoms with Gasteiger partial charge in [-0.2, -0.15) is 0 Å². The molecule has 4 rings (SSSR count). The van der Waals surface area contributed by atoms with E-state index in [0.717, 1.165) is 5.56 Å². The van der Waals surface area contributed by atoms with Crippen molar-refractivity contribution in [2.45, 2.75) is 44.3 Å². The molecule has 3 heterocycles. The van der Waals surface area contributed by atoms with Crippen LogP contribution in [0.2, 0.25) is 0 Å². The van der Waals surface area contributed by atoms with E-state index in [0.29, 0.717) is 23.4 Å². The largest absolute Gasteiger partial charge is 0.387 e. The van der Waals surface area contributed by atoms with Gasteiger partial charge in [-0.15, -0.1) is 0 Å². The zero-order valence-electron chi connectivity index (χ0n) is 17.2. The molecule has 4 atom stereocenters. The minimum Gasteiger partial charge on any atom is -0.387 e. The van der Waals surface area contributed by atoms with Crippen LogP contribution in [0.3, 0.4) is 0 Å². The van der Waals surface area contributed by atoms with Crippen LogP contribution in [0.1, 0.15) is 37.4 Å². The molecule has 0 bridgehead atoms. The zero-order chi connectivity index (χ0) is 22.0. The highest BCUT2D eigenvalue weighted by Gasteiger charge is 2.47. The third-order valence-electron chi connectivity index (χ3n) is 5.08. The molecule has 31 heavy (non-hydrogen) atoms. The number of benzene rings is 1. The third-order valence-corrected chi connectivity index (χ3v) is 5.08. The van der Waals surface area contributed by atoms with Gasteiger partial charge < -0.3 is 20.3 Å². The highest BCUT2D eigenvalue weighted by atomic mass is 16.6. The number of carbonyl (C=O) groups excluding carboxylic acids is 1. The average Bonchev–Trinajstić information content (AvgIpc) is 3.33.